The predicted molar refractivity (Wildman–Crippen MR) is 48.4 cm³/mol. The maximum absolute atomic E-state index is 9.24. The van der Waals surface area contributed by atoms with E-state index in [1.807, 2.05) is 6.92 Å². The second kappa shape index (κ2) is 5.83. The maximum Gasteiger partial charge on any atom is 0.134 e. The van der Waals surface area contributed by atoms with E-state index in [0.29, 0.717) is 5.70 Å². The molecule has 2 N–H and O–H groups in total. The molecule has 0 spiro atoms. The highest BCUT2D eigenvalue weighted by Gasteiger charge is 1.95. The molecule has 0 atom stereocenters. The first-order valence-electron chi connectivity index (χ1n) is 4.04. The molecule has 0 aliphatic heterocycles. The van der Waals surface area contributed by atoms with Gasteiger partial charge in [0.25, 0.3) is 0 Å². The fourth-order valence-electron chi connectivity index (χ4n) is 0.683. The van der Waals surface area contributed by atoms with Crippen LogP contribution in [0.3, 0.4) is 0 Å². The molecule has 2 nitrogen and oxygen atoms in total. The Kier molecular flexibility index (Phi) is 5.35. The van der Waals surface area contributed by atoms with Crippen molar-refractivity contribution in [1.29, 1.82) is 0 Å². The summed E-state index contributed by atoms with van der Waals surface area (Å²) in [6, 6.07) is 0. The first kappa shape index (κ1) is 10.1. The van der Waals surface area contributed by atoms with Crippen molar-refractivity contribution in [3.8, 4) is 0 Å². The molecule has 0 saturated carbocycles. The van der Waals surface area contributed by atoms with Gasteiger partial charge in [-0.15, -0.1) is 0 Å². The molecule has 0 bridgehead atoms. The van der Waals surface area contributed by atoms with Crippen LogP contribution in [0.1, 0.15) is 26.7 Å². The van der Waals surface area contributed by atoms with Gasteiger partial charge >= 0.3 is 0 Å². The molecule has 0 aromatic rings. The summed E-state index contributed by atoms with van der Waals surface area (Å²) in [6.07, 6.45) is 3.61. The van der Waals surface area contributed by atoms with Crippen LogP contribution in [-0.2, 0) is 0 Å². The summed E-state index contributed by atoms with van der Waals surface area (Å²) >= 11 is 0. The second-order valence-electron chi connectivity index (χ2n) is 2.40. The fourth-order valence-corrected chi connectivity index (χ4v) is 0.683. The molecule has 0 amide bonds. The zero-order valence-corrected chi connectivity index (χ0v) is 7.35. The average molecular weight is 155 g/mol. The standard InChI is InChI=1S/C9H17NO/c1-4-6-9(11)8(3)10-7-5-2/h6,10-11H,3-5,7H2,1-2H3/b9-6+. The molecule has 0 rings (SSSR count). The van der Waals surface area contributed by atoms with E-state index in [4.69, 9.17) is 0 Å². The Morgan fingerprint density at radius 1 is 1.55 bits per heavy atom. The lowest BCUT2D eigenvalue weighted by molar-refractivity contribution is 0.411. The molecule has 0 aromatic heterocycles. The minimum atomic E-state index is 0.265. The van der Waals surface area contributed by atoms with Crippen molar-refractivity contribution < 1.29 is 5.11 Å². The molecule has 0 aliphatic rings. The van der Waals surface area contributed by atoms with E-state index < -0.39 is 0 Å². The van der Waals surface area contributed by atoms with E-state index in [2.05, 4.69) is 18.8 Å². The number of hydrogen-bond acceptors (Lipinski definition) is 2. The second-order valence-corrected chi connectivity index (χ2v) is 2.40. The van der Waals surface area contributed by atoms with Crippen molar-refractivity contribution in [1.82, 2.24) is 5.32 Å². The minimum absolute atomic E-state index is 0.265. The third kappa shape index (κ3) is 4.48. The van der Waals surface area contributed by atoms with E-state index in [9.17, 15) is 5.11 Å². The summed E-state index contributed by atoms with van der Waals surface area (Å²) in [4.78, 5) is 0. The molecule has 0 unspecified atom stereocenters. The van der Waals surface area contributed by atoms with Gasteiger partial charge in [0.1, 0.15) is 5.76 Å². The smallest absolute Gasteiger partial charge is 0.134 e. The predicted octanol–water partition coefficient (Wildman–Crippen LogP) is 2.35. The summed E-state index contributed by atoms with van der Waals surface area (Å²) in [5.74, 6) is 0.265. The van der Waals surface area contributed by atoms with Crippen molar-refractivity contribution in [2.45, 2.75) is 26.7 Å². The molecule has 0 aliphatic carbocycles. The van der Waals surface area contributed by atoms with Crippen LogP contribution >= 0.6 is 0 Å². The molecular weight excluding hydrogens is 138 g/mol. The zero-order chi connectivity index (χ0) is 8.69. The van der Waals surface area contributed by atoms with Crippen LogP contribution in [0, 0.1) is 0 Å². The fraction of sp³-hybridized carbons (Fsp3) is 0.556. The number of nitrogens with one attached hydrogen (secondary N) is 1. The average Bonchev–Trinajstić information content (AvgIpc) is 2.00. The maximum atomic E-state index is 9.24. The molecule has 64 valence electrons. The van der Waals surface area contributed by atoms with Crippen molar-refractivity contribution in [3.05, 3.63) is 24.1 Å². The molecule has 11 heavy (non-hydrogen) atoms. The highest BCUT2D eigenvalue weighted by molar-refractivity contribution is 5.18. The van der Waals surface area contributed by atoms with Crippen LogP contribution < -0.4 is 5.32 Å². The van der Waals surface area contributed by atoms with Gasteiger partial charge in [-0.1, -0.05) is 20.4 Å². The van der Waals surface area contributed by atoms with E-state index in [1.54, 1.807) is 6.08 Å². The van der Waals surface area contributed by atoms with Crippen molar-refractivity contribution in [2.75, 3.05) is 6.54 Å². The first-order chi connectivity index (χ1) is 5.22. The van der Waals surface area contributed by atoms with Gasteiger partial charge < -0.3 is 10.4 Å². The molecular formula is C9H17NO. The van der Waals surface area contributed by atoms with Gasteiger partial charge in [-0.25, -0.2) is 0 Å². The van der Waals surface area contributed by atoms with E-state index in [0.717, 1.165) is 19.4 Å². The van der Waals surface area contributed by atoms with Gasteiger partial charge in [0, 0.05) is 6.54 Å². The third-order valence-corrected chi connectivity index (χ3v) is 1.30. The number of hydrogen-bond donors (Lipinski definition) is 2. The molecule has 0 radical (unpaired) electrons. The lowest BCUT2D eigenvalue weighted by atomic mass is 10.3. The number of rotatable bonds is 5. The zero-order valence-electron chi connectivity index (χ0n) is 7.35. The Balaban J connectivity index is 3.73. The SMILES string of the molecule is C=C(NCCC)/C(O)=C\CC. The number of aliphatic hydroxyl groups excluding tert-OH is 1. The Morgan fingerprint density at radius 3 is 2.64 bits per heavy atom. The van der Waals surface area contributed by atoms with E-state index in [1.165, 1.54) is 0 Å². The summed E-state index contributed by atoms with van der Waals surface area (Å²) in [7, 11) is 0. The first-order valence-corrected chi connectivity index (χ1v) is 4.04. The van der Waals surface area contributed by atoms with Gasteiger partial charge in [-0.3, -0.25) is 0 Å². The molecule has 0 aromatic carbocycles. The van der Waals surface area contributed by atoms with Crippen molar-refractivity contribution in [2.24, 2.45) is 0 Å². The van der Waals surface area contributed by atoms with Crippen LogP contribution in [0.15, 0.2) is 24.1 Å². The van der Waals surface area contributed by atoms with Gasteiger partial charge in [-0.2, -0.15) is 0 Å². The van der Waals surface area contributed by atoms with Crippen LogP contribution in [0.25, 0.3) is 0 Å². The Labute approximate surface area is 68.6 Å². The highest BCUT2D eigenvalue weighted by Crippen LogP contribution is 2.00. The van der Waals surface area contributed by atoms with Gasteiger partial charge in [0.05, 0.1) is 5.70 Å². The normalized spacial score (nSPS) is 11.3. The van der Waals surface area contributed by atoms with Crippen molar-refractivity contribution >= 4 is 0 Å². The van der Waals surface area contributed by atoms with Crippen LogP contribution in [0.4, 0.5) is 0 Å². The lowest BCUT2D eigenvalue weighted by Crippen LogP contribution is -2.14. The van der Waals surface area contributed by atoms with E-state index >= 15 is 0 Å². The molecule has 2 heteroatoms. The lowest BCUT2D eigenvalue weighted by Gasteiger charge is -2.06. The minimum Gasteiger partial charge on any atom is -0.506 e. The molecule has 0 fully saturated rings. The highest BCUT2D eigenvalue weighted by atomic mass is 16.3. The number of allylic oxidation sites excluding steroid dienone is 1. The van der Waals surface area contributed by atoms with Gasteiger partial charge in [0.15, 0.2) is 0 Å². The Bertz CT molecular complexity index is 150. The topological polar surface area (TPSA) is 32.3 Å². The Hall–Kier alpha value is -0.920. The van der Waals surface area contributed by atoms with Crippen molar-refractivity contribution in [3.63, 3.8) is 0 Å². The summed E-state index contributed by atoms with van der Waals surface area (Å²) in [5, 5.41) is 12.2. The summed E-state index contributed by atoms with van der Waals surface area (Å²) in [6.45, 7) is 8.59. The van der Waals surface area contributed by atoms with Gasteiger partial charge in [-0.05, 0) is 18.9 Å². The number of aliphatic hydroxyl groups is 1. The van der Waals surface area contributed by atoms with E-state index in [-0.39, 0.29) is 5.76 Å². The van der Waals surface area contributed by atoms with Crippen LogP contribution in [0.5, 0.6) is 0 Å². The molecule has 0 saturated heterocycles. The van der Waals surface area contributed by atoms with Crippen LogP contribution in [0.2, 0.25) is 0 Å². The summed E-state index contributed by atoms with van der Waals surface area (Å²) in [5.41, 5.74) is 0.619. The quantitative estimate of drug-likeness (QED) is 0.472. The van der Waals surface area contributed by atoms with Crippen LogP contribution in [-0.4, -0.2) is 11.7 Å². The Morgan fingerprint density at radius 2 is 2.18 bits per heavy atom. The molecule has 0 heterocycles. The summed E-state index contributed by atoms with van der Waals surface area (Å²) < 4.78 is 0. The van der Waals surface area contributed by atoms with Gasteiger partial charge in [0.2, 0.25) is 0 Å². The third-order valence-electron chi connectivity index (χ3n) is 1.30. The largest absolute Gasteiger partial charge is 0.506 e. The monoisotopic (exact) mass is 155 g/mol.